The van der Waals surface area contributed by atoms with Gasteiger partial charge in [-0.25, -0.2) is 0 Å². The summed E-state index contributed by atoms with van der Waals surface area (Å²) in [4.78, 5) is 17.9. The van der Waals surface area contributed by atoms with Gasteiger partial charge in [-0.05, 0) is 18.6 Å². The van der Waals surface area contributed by atoms with Gasteiger partial charge >= 0.3 is 0 Å². The van der Waals surface area contributed by atoms with Crippen molar-refractivity contribution >= 4 is 23.1 Å². The molecule has 98 valence electrons. The molecule has 5 nitrogen and oxygen atoms in total. The van der Waals surface area contributed by atoms with E-state index in [0.717, 1.165) is 6.42 Å². The van der Waals surface area contributed by atoms with Gasteiger partial charge in [0.2, 0.25) is 0 Å². The van der Waals surface area contributed by atoms with Gasteiger partial charge in [0.15, 0.2) is 0 Å². The van der Waals surface area contributed by atoms with E-state index in [9.17, 15) is 4.79 Å². The summed E-state index contributed by atoms with van der Waals surface area (Å²) in [5.74, 6) is -0.124. The number of nitrogens with zero attached hydrogens (tertiary/aromatic N) is 2. The first-order chi connectivity index (χ1) is 8.56. The van der Waals surface area contributed by atoms with Gasteiger partial charge in [-0.3, -0.25) is 9.78 Å². The lowest BCUT2D eigenvalue weighted by molar-refractivity contribution is 0.0773. The molecule has 1 aromatic heterocycles. The van der Waals surface area contributed by atoms with Crippen LogP contribution in [0.3, 0.4) is 0 Å². The molecule has 6 heteroatoms. The summed E-state index contributed by atoms with van der Waals surface area (Å²) < 4.78 is 4.94. The van der Waals surface area contributed by atoms with Crippen LogP contribution in [-0.4, -0.2) is 48.1 Å². The Hall–Kier alpha value is -1.53. The molecule has 1 aromatic rings. The van der Waals surface area contributed by atoms with Crippen molar-refractivity contribution in [1.82, 2.24) is 9.88 Å². The lowest BCUT2D eigenvalue weighted by Crippen LogP contribution is -2.29. The van der Waals surface area contributed by atoms with E-state index in [0.29, 0.717) is 24.4 Å². The number of pyridine rings is 1. The number of carbonyl (C=O) groups is 1. The molecule has 0 aliphatic rings. The van der Waals surface area contributed by atoms with Crippen molar-refractivity contribution < 1.29 is 9.53 Å². The fraction of sp³-hybridized carbons (Fsp3) is 0.417. The molecule has 0 unspecified atom stereocenters. The van der Waals surface area contributed by atoms with Crippen LogP contribution < -0.4 is 5.73 Å². The van der Waals surface area contributed by atoms with E-state index in [1.165, 1.54) is 6.20 Å². The number of aromatic nitrogens is 1. The highest BCUT2D eigenvalue weighted by molar-refractivity contribution is 7.80. The first-order valence-corrected chi connectivity index (χ1v) is 5.97. The first kappa shape index (κ1) is 14.5. The minimum Gasteiger partial charge on any atom is -0.389 e. The molecule has 0 aliphatic carbocycles. The van der Waals surface area contributed by atoms with Crippen molar-refractivity contribution in [2.45, 2.75) is 6.42 Å². The molecule has 0 saturated carbocycles. The second kappa shape index (κ2) is 7.03. The van der Waals surface area contributed by atoms with Crippen LogP contribution in [0.1, 0.15) is 22.5 Å². The van der Waals surface area contributed by atoms with Gasteiger partial charge in [0.25, 0.3) is 5.91 Å². The quantitative estimate of drug-likeness (QED) is 0.610. The Bertz CT molecular complexity index is 420. The van der Waals surface area contributed by atoms with Crippen LogP contribution in [0.2, 0.25) is 0 Å². The number of thiocarbonyl (C=S) groups is 1. The van der Waals surface area contributed by atoms with Crippen molar-refractivity contribution in [2.75, 3.05) is 27.3 Å². The number of carbonyl (C=O) groups excluding carboxylic acids is 1. The maximum atomic E-state index is 12.0. The van der Waals surface area contributed by atoms with Crippen LogP contribution in [0.25, 0.3) is 0 Å². The predicted molar refractivity (Wildman–Crippen MR) is 73.6 cm³/mol. The highest BCUT2D eigenvalue weighted by atomic mass is 32.1. The Labute approximate surface area is 112 Å². The van der Waals surface area contributed by atoms with Crippen LogP contribution in [-0.2, 0) is 4.74 Å². The Morgan fingerprint density at radius 3 is 2.78 bits per heavy atom. The van der Waals surface area contributed by atoms with Gasteiger partial charge in [-0.15, -0.1) is 0 Å². The molecule has 1 heterocycles. The number of methoxy groups -OCH3 is 1. The average Bonchev–Trinajstić information content (AvgIpc) is 2.38. The van der Waals surface area contributed by atoms with Crippen LogP contribution in [0.4, 0.5) is 0 Å². The highest BCUT2D eigenvalue weighted by Crippen LogP contribution is 2.04. The summed E-state index contributed by atoms with van der Waals surface area (Å²) in [6.45, 7) is 1.26. The van der Waals surface area contributed by atoms with E-state index >= 15 is 0 Å². The van der Waals surface area contributed by atoms with E-state index < -0.39 is 0 Å². The van der Waals surface area contributed by atoms with Gasteiger partial charge in [0, 0.05) is 39.1 Å². The molecule has 0 aromatic carbocycles. The monoisotopic (exact) mass is 267 g/mol. The summed E-state index contributed by atoms with van der Waals surface area (Å²) in [6.07, 6.45) is 2.31. The van der Waals surface area contributed by atoms with Gasteiger partial charge < -0.3 is 15.4 Å². The molecular formula is C12H17N3O2S. The third-order valence-electron chi connectivity index (χ3n) is 2.46. The second-order valence-electron chi connectivity index (χ2n) is 3.87. The fourth-order valence-corrected chi connectivity index (χ4v) is 1.53. The van der Waals surface area contributed by atoms with Crippen molar-refractivity contribution in [2.24, 2.45) is 5.73 Å². The van der Waals surface area contributed by atoms with Crippen molar-refractivity contribution in [3.8, 4) is 0 Å². The van der Waals surface area contributed by atoms with Gasteiger partial charge in [-0.2, -0.15) is 0 Å². The molecule has 0 spiro atoms. The minimum absolute atomic E-state index is 0.124. The van der Waals surface area contributed by atoms with Gasteiger partial charge in [0.05, 0.1) is 0 Å². The van der Waals surface area contributed by atoms with E-state index in [-0.39, 0.29) is 10.9 Å². The molecule has 0 saturated heterocycles. The average molecular weight is 267 g/mol. The molecule has 1 amide bonds. The van der Waals surface area contributed by atoms with Gasteiger partial charge in [0.1, 0.15) is 10.7 Å². The SMILES string of the molecule is COCCCN(C)C(=O)c1ccc(C(N)=S)cn1. The minimum atomic E-state index is -0.124. The van der Waals surface area contributed by atoms with Crippen LogP contribution in [0.5, 0.6) is 0 Å². The largest absolute Gasteiger partial charge is 0.389 e. The third-order valence-corrected chi connectivity index (χ3v) is 2.69. The van der Waals surface area contributed by atoms with E-state index in [2.05, 4.69) is 4.98 Å². The summed E-state index contributed by atoms with van der Waals surface area (Å²) >= 11 is 4.82. The molecule has 2 N–H and O–H groups in total. The zero-order valence-electron chi connectivity index (χ0n) is 10.5. The topological polar surface area (TPSA) is 68.5 Å². The zero-order chi connectivity index (χ0) is 13.5. The van der Waals surface area contributed by atoms with Crippen LogP contribution >= 0.6 is 12.2 Å². The lowest BCUT2D eigenvalue weighted by atomic mass is 10.2. The number of nitrogens with two attached hydrogens (primary N) is 1. The summed E-state index contributed by atoms with van der Waals surface area (Å²) in [5.41, 5.74) is 6.50. The number of hydrogen-bond acceptors (Lipinski definition) is 4. The molecule has 0 bridgehead atoms. The van der Waals surface area contributed by atoms with E-state index in [1.807, 2.05) is 0 Å². The Balaban J connectivity index is 2.63. The van der Waals surface area contributed by atoms with Crippen molar-refractivity contribution in [3.63, 3.8) is 0 Å². The highest BCUT2D eigenvalue weighted by Gasteiger charge is 2.12. The van der Waals surface area contributed by atoms with Gasteiger partial charge in [-0.1, -0.05) is 12.2 Å². The summed E-state index contributed by atoms with van der Waals surface area (Å²) in [7, 11) is 3.37. The molecule has 0 radical (unpaired) electrons. The lowest BCUT2D eigenvalue weighted by Gasteiger charge is -2.16. The standard InChI is InChI=1S/C12H17N3O2S/c1-15(6-3-7-17-2)12(16)10-5-4-9(8-14-10)11(13)18/h4-5,8H,3,6-7H2,1-2H3,(H2,13,18). The predicted octanol–water partition coefficient (Wildman–Crippen LogP) is 0.824. The Morgan fingerprint density at radius 1 is 1.56 bits per heavy atom. The number of ether oxygens (including phenoxy) is 1. The van der Waals surface area contributed by atoms with E-state index in [4.69, 9.17) is 22.7 Å². The molecule has 0 aliphatic heterocycles. The van der Waals surface area contributed by atoms with Crippen LogP contribution in [0, 0.1) is 0 Å². The first-order valence-electron chi connectivity index (χ1n) is 5.56. The molecule has 18 heavy (non-hydrogen) atoms. The van der Waals surface area contributed by atoms with E-state index in [1.54, 1.807) is 31.2 Å². The molecule has 1 rings (SSSR count). The van der Waals surface area contributed by atoms with Crippen molar-refractivity contribution in [3.05, 3.63) is 29.6 Å². The summed E-state index contributed by atoms with van der Waals surface area (Å²) in [5, 5.41) is 0. The third kappa shape index (κ3) is 4.05. The molecule has 0 atom stereocenters. The second-order valence-corrected chi connectivity index (χ2v) is 4.31. The Kier molecular flexibility index (Phi) is 5.67. The number of hydrogen-bond donors (Lipinski definition) is 1. The smallest absolute Gasteiger partial charge is 0.272 e. The number of amides is 1. The maximum Gasteiger partial charge on any atom is 0.272 e. The Morgan fingerprint density at radius 2 is 2.28 bits per heavy atom. The summed E-state index contributed by atoms with van der Waals surface area (Å²) in [6, 6.07) is 3.33. The maximum absolute atomic E-state index is 12.0. The molecule has 0 fully saturated rings. The van der Waals surface area contributed by atoms with Crippen LogP contribution in [0.15, 0.2) is 18.3 Å². The normalized spacial score (nSPS) is 10.1. The molecular weight excluding hydrogens is 250 g/mol. The fourth-order valence-electron chi connectivity index (χ4n) is 1.41. The number of rotatable bonds is 6. The zero-order valence-corrected chi connectivity index (χ0v) is 11.4. The van der Waals surface area contributed by atoms with Crippen molar-refractivity contribution in [1.29, 1.82) is 0 Å².